The van der Waals surface area contributed by atoms with Crippen molar-refractivity contribution in [3.8, 4) is 22.8 Å². The van der Waals surface area contributed by atoms with Gasteiger partial charge in [-0.3, -0.25) is 4.79 Å². The molecule has 0 aliphatic carbocycles. The molecular weight excluding hydrogens is 416 g/mol. The zero-order valence-electron chi connectivity index (χ0n) is 21.7. The van der Waals surface area contributed by atoms with E-state index in [2.05, 4.69) is 9.97 Å². The molecular formula is C25H24N6O2. The number of amides is 1. The number of nitrogens with zero attached hydrogens (tertiary/aromatic N) is 5. The van der Waals surface area contributed by atoms with Gasteiger partial charge in [-0.05, 0) is 55.3 Å². The Kier molecular flexibility index (Phi) is 4.35. The third kappa shape index (κ3) is 4.03. The number of carbonyl (C=O) groups is 1. The van der Waals surface area contributed by atoms with Gasteiger partial charge >= 0.3 is 0 Å². The molecule has 0 saturated carbocycles. The molecule has 33 heavy (non-hydrogen) atoms. The Bertz CT molecular complexity index is 1490. The number of rotatable bonds is 5. The van der Waals surface area contributed by atoms with Gasteiger partial charge in [-0.2, -0.15) is 5.10 Å². The van der Waals surface area contributed by atoms with Gasteiger partial charge in [0, 0.05) is 18.7 Å². The Morgan fingerprint density at radius 2 is 2.00 bits per heavy atom. The van der Waals surface area contributed by atoms with Crippen LogP contribution in [0.15, 0.2) is 73.5 Å². The van der Waals surface area contributed by atoms with E-state index in [9.17, 15) is 4.79 Å². The van der Waals surface area contributed by atoms with Crippen LogP contribution in [0.1, 0.15) is 24.4 Å². The smallest absolute Gasteiger partial charge is 0.246 e. The van der Waals surface area contributed by atoms with E-state index in [0.29, 0.717) is 41.9 Å². The van der Waals surface area contributed by atoms with Crippen LogP contribution in [0.25, 0.3) is 22.3 Å². The number of carbonyl (C=O) groups excluding carboxylic acids is 1. The van der Waals surface area contributed by atoms with Crippen molar-refractivity contribution < 1.29 is 15.0 Å². The van der Waals surface area contributed by atoms with E-state index >= 15 is 0 Å². The quantitative estimate of drug-likeness (QED) is 0.463. The molecule has 1 atom stereocenters. The van der Waals surface area contributed by atoms with Crippen molar-refractivity contribution in [1.29, 1.82) is 0 Å². The molecule has 0 bridgehead atoms. The van der Waals surface area contributed by atoms with Gasteiger partial charge in [0.05, 0.1) is 15.5 Å². The summed E-state index contributed by atoms with van der Waals surface area (Å²) in [5.41, 5.74) is 7.92. The van der Waals surface area contributed by atoms with Crippen molar-refractivity contribution in [3.63, 3.8) is 0 Å². The fourth-order valence-corrected chi connectivity index (χ4v) is 4.13. The van der Waals surface area contributed by atoms with Crippen molar-refractivity contribution in [2.24, 2.45) is 0 Å². The zero-order valence-corrected chi connectivity index (χ0v) is 17.7. The van der Waals surface area contributed by atoms with Crippen molar-refractivity contribution in [1.82, 2.24) is 24.6 Å². The molecule has 8 heteroatoms. The zero-order chi connectivity index (χ0) is 26.1. The highest BCUT2D eigenvalue weighted by molar-refractivity contribution is 5.98. The molecule has 1 aliphatic heterocycles. The van der Waals surface area contributed by atoms with Crippen LogP contribution in [0.5, 0.6) is 11.5 Å². The molecule has 3 heterocycles. The van der Waals surface area contributed by atoms with Gasteiger partial charge in [0.2, 0.25) is 5.91 Å². The molecule has 1 aliphatic rings. The third-order valence-electron chi connectivity index (χ3n) is 5.71. The summed E-state index contributed by atoms with van der Waals surface area (Å²) in [7, 11) is 0. The first-order valence-electron chi connectivity index (χ1n) is 12.6. The lowest BCUT2D eigenvalue weighted by atomic mass is 10.1. The second-order valence-corrected chi connectivity index (χ2v) is 7.81. The van der Waals surface area contributed by atoms with Crippen molar-refractivity contribution >= 4 is 22.8 Å². The Morgan fingerprint density at radius 1 is 1.21 bits per heavy atom. The summed E-state index contributed by atoms with van der Waals surface area (Å²) in [6, 6.07) is 15.9. The maximum absolute atomic E-state index is 12.6. The average molecular weight is 445 g/mol. The molecule has 2 aromatic carbocycles. The summed E-state index contributed by atoms with van der Waals surface area (Å²) in [6.45, 7) is -0.176. The van der Waals surface area contributed by atoms with Crippen molar-refractivity contribution in [2.45, 2.75) is 18.9 Å². The predicted molar refractivity (Wildman–Crippen MR) is 127 cm³/mol. The first-order chi connectivity index (χ1) is 17.8. The van der Waals surface area contributed by atoms with Crippen LogP contribution in [-0.4, -0.2) is 43.6 Å². The number of piperidine rings is 1. The van der Waals surface area contributed by atoms with Gasteiger partial charge in [-0.15, -0.1) is 0 Å². The number of ether oxygens (including phenoxy) is 1. The minimum absolute atomic E-state index is 0.133. The van der Waals surface area contributed by atoms with Crippen LogP contribution in [-0.2, 0) is 4.79 Å². The Morgan fingerprint density at radius 3 is 2.79 bits per heavy atom. The minimum atomic E-state index is -0.821. The van der Waals surface area contributed by atoms with E-state index < -0.39 is 18.5 Å². The highest BCUT2D eigenvalue weighted by Gasteiger charge is 2.28. The van der Waals surface area contributed by atoms with Crippen LogP contribution in [0, 0.1) is 0 Å². The maximum Gasteiger partial charge on any atom is 0.246 e. The summed E-state index contributed by atoms with van der Waals surface area (Å²) in [5.74, 6) is 0.843. The van der Waals surface area contributed by atoms with Gasteiger partial charge in [0.1, 0.15) is 30.7 Å². The number of hydrogen-bond donors (Lipinski definition) is 1. The number of anilines is 1. The van der Waals surface area contributed by atoms with Gasteiger partial charge in [0.25, 0.3) is 0 Å². The van der Waals surface area contributed by atoms with Crippen molar-refractivity contribution in [2.75, 3.05) is 18.8 Å². The number of aromatic nitrogens is 4. The van der Waals surface area contributed by atoms with E-state index in [-0.39, 0.29) is 24.7 Å². The van der Waals surface area contributed by atoms with Crippen molar-refractivity contribution in [3.05, 3.63) is 73.5 Å². The Labute approximate surface area is 196 Å². The second-order valence-electron chi connectivity index (χ2n) is 7.81. The molecule has 2 N–H and O–H groups in total. The summed E-state index contributed by atoms with van der Waals surface area (Å²) in [4.78, 5) is 22.4. The lowest BCUT2D eigenvalue weighted by Crippen LogP contribution is -2.40. The molecule has 166 valence electrons. The van der Waals surface area contributed by atoms with E-state index in [1.54, 1.807) is 4.68 Å². The van der Waals surface area contributed by atoms with Gasteiger partial charge in [-0.1, -0.05) is 24.7 Å². The number of hydrogen-bond acceptors (Lipinski definition) is 6. The highest BCUT2D eigenvalue weighted by Crippen LogP contribution is 2.34. The largest absolute Gasteiger partial charge is 0.457 e. The van der Waals surface area contributed by atoms with Crippen LogP contribution in [0.2, 0.25) is 0 Å². The van der Waals surface area contributed by atoms with Crippen LogP contribution >= 0.6 is 0 Å². The number of nitrogens with two attached hydrogens (primary N) is 1. The van der Waals surface area contributed by atoms with E-state index in [4.69, 9.17) is 21.1 Å². The minimum Gasteiger partial charge on any atom is -0.457 e. The molecule has 1 fully saturated rings. The normalized spacial score (nSPS) is 17.6. The molecule has 0 radical (unpaired) electrons. The first-order valence-corrected chi connectivity index (χ1v) is 10.6. The summed E-state index contributed by atoms with van der Waals surface area (Å²) in [5, 5.41) is 5.32. The SMILES string of the molecule is [2H]C([2H])=C([2H])C(=O)N1CCC[C@@H](n2nc(-c3ccc(Oc4ccccc4)cc3)c3c(N)nc([2H])nc32)C1. The Hall–Kier alpha value is -4.20. The van der Waals surface area contributed by atoms with Crippen LogP contribution in [0.4, 0.5) is 5.82 Å². The molecule has 0 unspecified atom stereocenters. The summed E-state index contributed by atoms with van der Waals surface area (Å²) >= 11 is 0. The first kappa shape index (κ1) is 16.4. The van der Waals surface area contributed by atoms with Gasteiger partial charge < -0.3 is 15.4 Å². The molecule has 8 nitrogen and oxygen atoms in total. The monoisotopic (exact) mass is 444 g/mol. The lowest BCUT2D eigenvalue weighted by Gasteiger charge is -2.32. The number of fused-ring (bicyclic) bond motifs is 1. The molecule has 0 spiro atoms. The summed E-state index contributed by atoms with van der Waals surface area (Å²) < 4.78 is 37.9. The average Bonchev–Trinajstić information content (AvgIpc) is 3.28. The topological polar surface area (TPSA) is 99.2 Å². The van der Waals surface area contributed by atoms with Crippen LogP contribution < -0.4 is 10.5 Å². The third-order valence-corrected chi connectivity index (χ3v) is 5.71. The van der Waals surface area contributed by atoms with Gasteiger partial charge in [0.15, 0.2) is 5.65 Å². The second kappa shape index (κ2) is 8.74. The predicted octanol–water partition coefficient (Wildman–Crippen LogP) is 4.22. The fourth-order valence-electron chi connectivity index (χ4n) is 4.13. The highest BCUT2D eigenvalue weighted by atomic mass is 16.5. The molecule has 1 amide bonds. The van der Waals surface area contributed by atoms with E-state index in [1.807, 2.05) is 54.6 Å². The number of likely N-dealkylation sites (tertiary alicyclic amines) is 1. The molecule has 4 aromatic rings. The lowest BCUT2D eigenvalue weighted by molar-refractivity contribution is -0.127. The van der Waals surface area contributed by atoms with E-state index in [0.717, 1.165) is 11.3 Å². The molecule has 5 rings (SSSR count). The maximum atomic E-state index is 12.6. The Balaban J connectivity index is 1.51. The fraction of sp³-hybridized carbons (Fsp3) is 0.200. The number of benzene rings is 2. The molecule has 2 aromatic heterocycles. The molecule has 1 saturated heterocycles. The standard InChI is InChI=1S/C25H24N6O2/c1-2-21(32)30-14-6-7-18(15-30)31-25-22(24(26)27-16-28-25)23(29-31)17-10-12-20(13-11-17)33-19-8-4-3-5-9-19/h2-5,8-13,16,18H,1,6-7,14-15H2,(H2,26,27,28)/t18-/m1/s1/i1D2,2D,16D. The van der Waals surface area contributed by atoms with Crippen LogP contribution in [0.3, 0.4) is 0 Å². The summed E-state index contributed by atoms with van der Waals surface area (Å²) in [6.07, 6.45) is 1.09. The number of para-hydroxylation sites is 1. The van der Waals surface area contributed by atoms with E-state index in [1.165, 1.54) is 4.90 Å². The number of nitrogen functional groups attached to an aromatic ring is 1. The van der Waals surface area contributed by atoms with Gasteiger partial charge in [-0.25, -0.2) is 14.6 Å².